The van der Waals surface area contributed by atoms with Gasteiger partial charge in [-0.2, -0.15) is 0 Å². The van der Waals surface area contributed by atoms with Gasteiger partial charge in [0.1, 0.15) is 10.6 Å². The Labute approximate surface area is 110 Å². The second-order valence-corrected chi connectivity index (χ2v) is 6.37. The van der Waals surface area contributed by atoms with Gasteiger partial charge in [-0.25, -0.2) is 8.42 Å². The van der Waals surface area contributed by atoms with E-state index in [-0.39, 0.29) is 23.7 Å². The molecule has 1 aromatic carbocycles. The molecule has 0 atom stereocenters. The van der Waals surface area contributed by atoms with Crippen LogP contribution in [-0.4, -0.2) is 26.1 Å². The maximum Gasteiger partial charge on any atom is 0.306 e. The van der Waals surface area contributed by atoms with Gasteiger partial charge >= 0.3 is 5.97 Å². The van der Waals surface area contributed by atoms with E-state index < -0.39 is 15.0 Å². The SMILES string of the molecule is Cc1cc(C)c(OCCC(=O)O)c(S(=O)(=O)Cl)c1. The van der Waals surface area contributed by atoms with Crippen molar-refractivity contribution in [3.05, 3.63) is 23.3 Å². The summed E-state index contributed by atoms with van der Waals surface area (Å²) in [6.07, 6.45) is -0.213. The summed E-state index contributed by atoms with van der Waals surface area (Å²) >= 11 is 0. The molecule has 0 unspecified atom stereocenters. The van der Waals surface area contributed by atoms with Crippen molar-refractivity contribution in [2.45, 2.75) is 25.2 Å². The second-order valence-electron chi connectivity index (χ2n) is 3.84. The Hall–Kier alpha value is -1.27. The van der Waals surface area contributed by atoms with Crippen molar-refractivity contribution in [2.75, 3.05) is 6.61 Å². The predicted octanol–water partition coefficient (Wildman–Crippen LogP) is 2.08. The van der Waals surface area contributed by atoms with Crippen LogP contribution in [0, 0.1) is 13.8 Å². The Balaban J connectivity index is 3.13. The lowest BCUT2D eigenvalue weighted by Gasteiger charge is -2.12. The maximum atomic E-state index is 11.4. The summed E-state index contributed by atoms with van der Waals surface area (Å²) in [7, 11) is 1.40. The molecule has 0 aromatic heterocycles. The van der Waals surface area contributed by atoms with Crippen LogP contribution in [0.3, 0.4) is 0 Å². The summed E-state index contributed by atoms with van der Waals surface area (Å²) in [5, 5.41) is 8.51. The van der Waals surface area contributed by atoms with Crippen molar-refractivity contribution < 1.29 is 23.1 Å². The average Bonchev–Trinajstić information content (AvgIpc) is 2.18. The van der Waals surface area contributed by atoms with Crippen LogP contribution >= 0.6 is 10.7 Å². The number of aryl methyl sites for hydroxylation is 2. The van der Waals surface area contributed by atoms with E-state index in [9.17, 15) is 13.2 Å². The minimum Gasteiger partial charge on any atom is -0.491 e. The highest BCUT2D eigenvalue weighted by molar-refractivity contribution is 8.13. The number of halogens is 1. The molecule has 0 saturated carbocycles. The van der Waals surface area contributed by atoms with Gasteiger partial charge in [0.2, 0.25) is 0 Å². The summed E-state index contributed by atoms with van der Waals surface area (Å²) in [6, 6.07) is 3.13. The topological polar surface area (TPSA) is 80.7 Å². The molecule has 0 fully saturated rings. The molecule has 0 bridgehead atoms. The smallest absolute Gasteiger partial charge is 0.306 e. The van der Waals surface area contributed by atoms with Crippen LogP contribution < -0.4 is 4.74 Å². The summed E-state index contributed by atoms with van der Waals surface area (Å²) in [5.41, 5.74) is 1.33. The van der Waals surface area contributed by atoms with E-state index in [0.717, 1.165) is 5.56 Å². The third kappa shape index (κ3) is 3.89. The van der Waals surface area contributed by atoms with Crippen molar-refractivity contribution in [1.82, 2.24) is 0 Å². The Bertz CT molecular complexity index is 565. The van der Waals surface area contributed by atoms with Gasteiger partial charge in [-0.15, -0.1) is 0 Å². The van der Waals surface area contributed by atoms with Crippen LogP contribution in [0.2, 0.25) is 0 Å². The first kappa shape index (κ1) is 14.8. The summed E-state index contributed by atoms with van der Waals surface area (Å²) in [4.78, 5) is 10.3. The molecule has 0 amide bonds. The summed E-state index contributed by atoms with van der Waals surface area (Å²) < 4.78 is 28.1. The molecule has 100 valence electrons. The summed E-state index contributed by atoms with van der Waals surface area (Å²) in [6.45, 7) is 3.30. The first-order chi connectivity index (χ1) is 8.21. The van der Waals surface area contributed by atoms with Crippen LogP contribution in [0.5, 0.6) is 5.75 Å². The number of rotatable bonds is 5. The van der Waals surface area contributed by atoms with E-state index in [2.05, 4.69) is 0 Å². The van der Waals surface area contributed by atoms with E-state index in [1.165, 1.54) is 6.07 Å². The van der Waals surface area contributed by atoms with Gasteiger partial charge in [0.25, 0.3) is 9.05 Å². The average molecular weight is 293 g/mol. The Morgan fingerprint density at radius 3 is 2.50 bits per heavy atom. The van der Waals surface area contributed by atoms with E-state index in [1.807, 2.05) is 0 Å². The summed E-state index contributed by atoms with van der Waals surface area (Å²) in [5.74, 6) is -0.910. The van der Waals surface area contributed by atoms with Gasteiger partial charge in [0.05, 0.1) is 13.0 Å². The van der Waals surface area contributed by atoms with Gasteiger partial charge in [-0.05, 0) is 31.0 Å². The number of carboxylic acid groups (broad SMARTS) is 1. The number of aliphatic carboxylic acids is 1. The van der Waals surface area contributed by atoms with Gasteiger partial charge in [0, 0.05) is 10.7 Å². The fourth-order valence-corrected chi connectivity index (χ4v) is 2.63. The van der Waals surface area contributed by atoms with Crippen molar-refractivity contribution in [2.24, 2.45) is 0 Å². The standard InChI is InChI=1S/C11H13ClO5S/c1-7-5-8(2)11(17-4-3-10(13)14)9(6-7)18(12,15)16/h5-6H,3-4H2,1-2H3,(H,13,14). The first-order valence-electron chi connectivity index (χ1n) is 5.12. The quantitative estimate of drug-likeness (QED) is 0.840. The van der Waals surface area contributed by atoms with E-state index in [1.54, 1.807) is 19.9 Å². The second kappa shape index (κ2) is 5.58. The zero-order valence-corrected chi connectivity index (χ0v) is 11.5. The van der Waals surface area contributed by atoms with Gasteiger partial charge in [0.15, 0.2) is 0 Å². The van der Waals surface area contributed by atoms with Gasteiger partial charge < -0.3 is 9.84 Å². The molecular weight excluding hydrogens is 280 g/mol. The zero-order valence-electron chi connectivity index (χ0n) is 9.94. The molecule has 1 aromatic rings. The molecule has 0 aliphatic heterocycles. The highest BCUT2D eigenvalue weighted by Gasteiger charge is 2.19. The van der Waals surface area contributed by atoms with E-state index in [0.29, 0.717) is 5.56 Å². The third-order valence-electron chi connectivity index (χ3n) is 2.21. The predicted molar refractivity (Wildman–Crippen MR) is 66.7 cm³/mol. The van der Waals surface area contributed by atoms with E-state index >= 15 is 0 Å². The monoisotopic (exact) mass is 292 g/mol. The largest absolute Gasteiger partial charge is 0.491 e. The minimum atomic E-state index is -3.93. The van der Waals surface area contributed by atoms with Crippen molar-refractivity contribution >= 4 is 25.7 Å². The number of benzene rings is 1. The highest BCUT2D eigenvalue weighted by atomic mass is 35.7. The van der Waals surface area contributed by atoms with Crippen LogP contribution in [0.15, 0.2) is 17.0 Å². The van der Waals surface area contributed by atoms with Crippen LogP contribution in [-0.2, 0) is 13.8 Å². The fraction of sp³-hybridized carbons (Fsp3) is 0.364. The molecule has 18 heavy (non-hydrogen) atoms. The zero-order chi connectivity index (χ0) is 13.9. The molecule has 1 rings (SSSR count). The number of carbonyl (C=O) groups is 1. The number of hydrogen-bond donors (Lipinski definition) is 1. The number of hydrogen-bond acceptors (Lipinski definition) is 4. The van der Waals surface area contributed by atoms with Gasteiger partial charge in [-0.3, -0.25) is 4.79 Å². The van der Waals surface area contributed by atoms with Crippen LogP contribution in [0.4, 0.5) is 0 Å². The molecule has 1 N–H and O–H groups in total. The maximum absolute atomic E-state index is 11.4. The molecule has 0 aliphatic carbocycles. The van der Waals surface area contributed by atoms with Crippen molar-refractivity contribution in [1.29, 1.82) is 0 Å². The molecule has 0 heterocycles. The third-order valence-corrected chi connectivity index (χ3v) is 3.54. The van der Waals surface area contributed by atoms with Crippen LogP contribution in [0.1, 0.15) is 17.5 Å². The highest BCUT2D eigenvalue weighted by Crippen LogP contribution is 2.31. The van der Waals surface area contributed by atoms with Crippen molar-refractivity contribution in [3.63, 3.8) is 0 Å². The first-order valence-corrected chi connectivity index (χ1v) is 7.43. The number of carboxylic acids is 1. The molecule has 7 heteroatoms. The lowest BCUT2D eigenvalue weighted by molar-refractivity contribution is -0.137. The fourth-order valence-electron chi connectivity index (χ4n) is 1.52. The Morgan fingerprint density at radius 2 is 2.00 bits per heavy atom. The lowest BCUT2D eigenvalue weighted by Crippen LogP contribution is -2.08. The molecule has 0 saturated heterocycles. The van der Waals surface area contributed by atoms with E-state index in [4.69, 9.17) is 20.5 Å². The molecule has 0 aliphatic rings. The minimum absolute atomic E-state index is 0.108. The van der Waals surface area contributed by atoms with Crippen LogP contribution in [0.25, 0.3) is 0 Å². The molecule has 0 spiro atoms. The van der Waals surface area contributed by atoms with Crippen molar-refractivity contribution in [3.8, 4) is 5.75 Å². The lowest BCUT2D eigenvalue weighted by atomic mass is 10.1. The molecule has 5 nitrogen and oxygen atoms in total. The van der Waals surface area contributed by atoms with Gasteiger partial charge in [-0.1, -0.05) is 6.07 Å². The Kier molecular flexibility index (Phi) is 4.59. The number of ether oxygens (including phenoxy) is 1. The Morgan fingerprint density at radius 1 is 1.39 bits per heavy atom. The normalized spacial score (nSPS) is 11.3. The molecular formula is C11H13ClO5S. The molecule has 0 radical (unpaired) electrons.